The Morgan fingerprint density at radius 3 is 2.77 bits per heavy atom. The maximum Gasteiger partial charge on any atom is 0.137 e. The van der Waals surface area contributed by atoms with Gasteiger partial charge in [-0.3, -0.25) is 4.90 Å². The van der Waals surface area contributed by atoms with Crippen LogP contribution in [0.3, 0.4) is 0 Å². The van der Waals surface area contributed by atoms with Gasteiger partial charge in [-0.15, -0.1) is 0 Å². The zero-order valence-electron chi connectivity index (χ0n) is 15.2. The molecule has 1 aromatic carbocycles. The summed E-state index contributed by atoms with van der Waals surface area (Å²) in [4.78, 5) is 10.8. The molecule has 0 bridgehead atoms. The van der Waals surface area contributed by atoms with Crippen molar-refractivity contribution >= 4 is 16.6 Å². The number of aromatic amines is 1. The first kappa shape index (κ1) is 15.6. The fraction of sp³-hybridized carbons (Fsp3) is 0.318. The van der Waals surface area contributed by atoms with Gasteiger partial charge in [0, 0.05) is 29.4 Å². The van der Waals surface area contributed by atoms with Crippen LogP contribution in [0, 0.1) is 6.92 Å². The Morgan fingerprint density at radius 2 is 1.92 bits per heavy atom. The third-order valence-corrected chi connectivity index (χ3v) is 5.76. The molecule has 0 spiro atoms. The van der Waals surface area contributed by atoms with E-state index in [-0.39, 0.29) is 0 Å². The Morgan fingerprint density at radius 1 is 1.08 bits per heavy atom. The third-order valence-electron chi connectivity index (χ3n) is 5.76. The van der Waals surface area contributed by atoms with Crippen LogP contribution in [-0.2, 0) is 6.54 Å². The highest BCUT2D eigenvalue weighted by Crippen LogP contribution is 2.30. The SMILES string of the molecule is Cc1cccc2ncc(CN3CCC(c4cc5ccccc5[nH]4)CC3)n12. The van der Waals surface area contributed by atoms with Crippen molar-refractivity contribution in [3.8, 4) is 0 Å². The molecule has 132 valence electrons. The Labute approximate surface area is 153 Å². The van der Waals surface area contributed by atoms with Crippen LogP contribution in [0.4, 0.5) is 0 Å². The number of H-pyrrole nitrogens is 1. The maximum absolute atomic E-state index is 4.56. The lowest BCUT2D eigenvalue weighted by Crippen LogP contribution is -2.33. The van der Waals surface area contributed by atoms with Crippen LogP contribution >= 0.6 is 0 Å². The number of para-hydroxylation sites is 1. The second-order valence-corrected chi connectivity index (χ2v) is 7.47. The second kappa shape index (κ2) is 6.29. The van der Waals surface area contributed by atoms with E-state index in [0.717, 1.165) is 25.3 Å². The van der Waals surface area contributed by atoms with E-state index in [1.807, 2.05) is 6.20 Å². The van der Waals surface area contributed by atoms with Crippen molar-refractivity contribution in [1.29, 1.82) is 0 Å². The summed E-state index contributed by atoms with van der Waals surface area (Å²) in [6.07, 6.45) is 4.46. The number of imidazole rings is 1. The van der Waals surface area contributed by atoms with Crippen molar-refractivity contribution in [3.05, 3.63) is 71.8 Å². The van der Waals surface area contributed by atoms with E-state index in [1.54, 1.807) is 0 Å². The summed E-state index contributed by atoms with van der Waals surface area (Å²) in [6.45, 7) is 5.41. The van der Waals surface area contributed by atoms with Crippen LogP contribution in [0.5, 0.6) is 0 Å². The lowest BCUT2D eigenvalue weighted by atomic mass is 9.93. The second-order valence-electron chi connectivity index (χ2n) is 7.47. The first-order valence-electron chi connectivity index (χ1n) is 9.50. The molecule has 0 amide bonds. The van der Waals surface area contributed by atoms with E-state index < -0.39 is 0 Å². The number of likely N-dealkylation sites (tertiary alicyclic amines) is 1. The van der Waals surface area contributed by atoms with Crippen molar-refractivity contribution in [3.63, 3.8) is 0 Å². The molecule has 1 aliphatic heterocycles. The fourth-order valence-electron chi connectivity index (χ4n) is 4.33. The van der Waals surface area contributed by atoms with Crippen LogP contribution in [0.2, 0.25) is 0 Å². The molecule has 1 saturated heterocycles. The van der Waals surface area contributed by atoms with Crippen molar-refractivity contribution in [1.82, 2.24) is 19.3 Å². The van der Waals surface area contributed by atoms with Crippen LogP contribution in [-0.4, -0.2) is 32.4 Å². The van der Waals surface area contributed by atoms with Gasteiger partial charge in [0.25, 0.3) is 0 Å². The molecule has 26 heavy (non-hydrogen) atoms. The third kappa shape index (κ3) is 2.71. The number of hydrogen-bond donors (Lipinski definition) is 1. The number of rotatable bonds is 3. The topological polar surface area (TPSA) is 36.3 Å². The molecule has 0 radical (unpaired) electrons. The quantitative estimate of drug-likeness (QED) is 0.594. The molecule has 1 fully saturated rings. The molecule has 4 aromatic rings. The number of aryl methyl sites for hydroxylation is 1. The van der Waals surface area contributed by atoms with Gasteiger partial charge in [0.1, 0.15) is 5.65 Å². The molecular weight excluding hydrogens is 320 g/mol. The Kier molecular flexibility index (Phi) is 3.79. The lowest BCUT2D eigenvalue weighted by molar-refractivity contribution is 0.201. The van der Waals surface area contributed by atoms with Gasteiger partial charge in [0.05, 0.1) is 11.9 Å². The zero-order valence-corrected chi connectivity index (χ0v) is 15.2. The predicted molar refractivity (Wildman–Crippen MR) is 105 cm³/mol. The number of fused-ring (bicyclic) bond motifs is 2. The molecular formula is C22H24N4. The van der Waals surface area contributed by atoms with Gasteiger partial charge >= 0.3 is 0 Å². The number of piperidine rings is 1. The highest BCUT2D eigenvalue weighted by molar-refractivity contribution is 5.80. The predicted octanol–water partition coefficient (Wildman–Crippen LogP) is 4.50. The van der Waals surface area contributed by atoms with Gasteiger partial charge < -0.3 is 9.38 Å². The van der Waals surface area contributed by atoms with E-state index in [4.69, 9.17) is 0 Å². The van der Waals surface area contributed by atoms with Crippen LogP contribution in [0.15, 0.2) is 54.7 Å². The maximum atomic E-state index is 4.56. The van der Waals surface area contributed by atoms with Crippen LogP contribution < -0.4 is 0 Å². The summed E-state index contributed by atoms with van der Waals surface area (Å²) in [5.41, 5.74) is 6.25. The number of benzene rings is 1. The normalized spacial score (nSPS) is 16.7. The smallest absolute Gasteiger partial charge is 0.137 e. The van der Waals surface area contributed by atoms with Crippen molar-refractivity contribution in [2.24, 2.45) is 0 Å². The van der Waals surface area contributed by atoms with Gasteiger partial charge in [-0.05, 0) is 62.5 Å². The summed E-state index contributed by atoms with van der Waals surface area (Å²) in [7, 11) is 0. The molecule has 0 unspecified atom stereocenters. The molecule has 4 nitrogen and oxygen atoms in total. The van der Waals surface area contributed by atoms with Gasteiger partial charge in [-0.1, -0.05) is 24.3 Å². The molecule has 4 heteroatoms. The average molecular weight is 344 g/mol. The Bertz CT molecular complexity index is 1020. The first-order chi connectivity index (χ1) is 12.8. The number of nitrogens with zero attached hydrogens (tertiary/aromatic N) is 3. The summed E-state index contributed by atoms with van der Waals surface area (Å²) in [5, 5.41) is 1.33. The zero-order chi connectivity index (χ0) is 17.5. The van der Waals surface area contributed by atoms with E-state index in [1.165, 1.54) is 40.8 Å². The summed E-state index contributed by atoms with van der Waals surface area (Å²) in [6, 6.07) is 17.2. The van der Waals surface area contributed by atoms with Crippen molar-refractivity contribution < 1.29 is 0 Å². The minimum Gasteiger partial charge on any atom is -0.358 e. The minimum atomic E-state index is 0.641. The first-order valence-corrected chi connectivity index (χ1v) is 9.50. The van der Waals surface area contributed by atoms with Crippen molar-refractivity contribution in [2.45, 2.75) is 32.2 Å². The number of hydrogen-bond acceptors (Lipinski definition) is 2. The molecule has 0 atom stereocenters. The van der Waals surface area contributed by atoms with E-state index in [2.05, 4.69) is 74.7 Å². The monoisotopic (exact) mass is 344 g/mol. The van der Waals surface area contributed by atoms with Gasteiger partial charge in [-0.2, -0.15) is 0 Å². The largest absolute Gasteiger partial charge is 0.358 e. The van der Waals surface area contributed by atoms with E-state index >= 15 is 0 Å². The summed E-state index contributed by atoms with van der Waals surface area (Å²) >= 11 is 0. The number of aromatic nitrogens is 3. The Balaban J connectivity index is 1.29. The molecule has 4 heterocycles. The molecule has 5 rings (SSSR count). The van der Waals surface area contributed by atoms with E-state index in [9.17, 15) is 0 Å². The Hall–Kier alpha value is -2.59. The lowest BCUT2D eigenvalue weighted by Gasteiger charge is -2.31. The molecule has 0 saturated carbocycles. The number of pyridine rings is 1. The van der Waals surface area contributed by atoms with Gasteiger partial charge in [0.15, 0.2) is 0 Å². The van der Waals surface area contributed by atoms with Crippen LogP contribution in [0.25, 0.3) is 16.6 Å². The van der Waals surface area contributed by atoms with Crippen molar-refractivity contribution in [2.75, 3.05) is 13.1 Å². The summed E-state index contributed by atoms with van der Waals surface area (Å²) in [5.74, 6) is 0.641. The highest BCUT2D eigenvalue weighted by atomic mass is 15.2. The molecule has 3 aromatic heterocycles. The molecule has 1 aliphatic rings. The summed E-state index contributed by atoms with van der Waals surface area (Å²) < 4.78 is 2.28. The fourth-order valence-corrected chi connectivity index (χ4v) is 4.33. The van der Waals surface area contributed by atoms with Gasteiger partial charge in [0.2, 0.25) is 0 Å². The molecule has 0 aliphatic carbocycles. The van der Waals surface area contributed by atoms with E-state index in [0.29, 0.717) is 5.92 Å². The average Bonchev–Trinajstić information content (AvgIpc) is 3.27. The minimum absolute atomic E-state index is 0.641. The standard InChI is InChI=1S/C22H24N4/c1-16-5-4-8-22-23-14-19(26(16)22)15-25-11-9-17(10-12-25)21-13-18-6-2-3-7-20(18)24-21/h2-8,13-14,17,24H,9-12,15H2,1H3. The highest BCUT2D eigenvalue weighted by Gasteiger charge is 2.22. The van der Waals surface area contributed by atoms with Crippen LogP contribution in [0.1, 0.15) is 35.8 Å². The molecule has 1 N–H and O–H groups in total. The van der Waals surface area contributed by atoms with Gasteiger partial charge in [-0.25, -0.2) is 4.98 Å². The number of nitrogens with one attached hydrogen (secondary N) is 1.